The first kappa shape index (κ1) is 31.5. The van der Waals surface area contributed by atoms with Gasteiger partial charge >= 0.3 is 0 Å². The van der Waals surface area contributed by atoms with Gasteiger partial charge in [0.2, 0.25) is 0 Å². The van der Waals surface area contributed by atoms with E-state index < -0.39 is 30.7 Å². The molecule has 0 unspecified atom stereocenters. The van der Waals surface area contributed by atoms with Gasteiger partial charge in [0.15, 0.2) is 6.29 Å². The number of hydrogen-bond acceptors (Lipinski definition) is 9. The fourth-order valence-corrected chi connectivity index (χ4v) is 4.63. The molecule has 0 aromatic heterocycles. The first-order valence-electron chi connectivity index (χ1n) is 13.8. The van der Waals surface area contributed by atoms with Crippen molar-refractivity contribution in [3.63, 3.8) is 0 Å². The Hall–Kier alpha value is -3.44. The Labute approximate surface area is 247 Å². The van der Waals surface area contributed by atoms with Gasteiger partial charge < -0.3 is 43.0 Å². The van der Waals surface area contributed by atoms with Gasteiger partial charge in [-0.3, -0.25) is 0 Å². The van der Waals surface area contributed by atoms with E-state index in [9.17, 15) is 5.11 Å². The van der Waals surface area contributed by atoms with Gasteiger partial charge in [-0.05, 0) is 53.1 Å². The van der Waals surface area contributed by atoms with Crippen LogP contribution in [0.2, 0.25) is 0 Å². The maximum absolute atomic E-state index is 10.4. The van der Waals surface area contributed by atoms with Crippen molar-refractivity contribution in [3.05, 3.63) is 102 Å². The minimum atomic E-state index is -0.833. The third-order valence-corrected chi connectivity index (χ3v) is 6.95. The molecule has 0 spiro atoms. The Morgan fingerprint density at radius 1 is 0.619 bits per heavy atom. The minimum absolute atomic E-state index is 0.230. The Balaban J connectivity index is 1.59. The maximum Gasteiger partial charge on any atom is 0.187 e. The monoisotopic (exact) mass is 580 g/mol. The predicted molar refractivity (Wildman–Crippen MR) is 157 cm³/mol. The number of aliphatic hydroxyl groups is 1. The summed E-state index contributed by atoms with van der Waals surface area (Å²) in [6.07, 6.45) is -1.92. The van der Waals surface area contributed by atoms with Crippen LogP contribution in [0.15, 0.2) is 85.5 Å². The second-order valence-electron chi connectivity index (χ2n) is 9.72. The smallest absolute Gasteiger partial charge is 0.187 e. The molecule has 1 heterocycles. The number of rotatable bonds is 16. The lowest BCUT2D eigenvalue weighted by Gasteiger charge is -2.45. The molecule has 5 atom stereocenters. The number of ether oxygens (including phenoxy) is 8. The molecule has 3 aromatic rings. The van der Waals surface area contributed by atoms with Crippen molar-refractivity contribution in [2.75, 3.05) is 34.5 Å². The second-order valence-corrected chi connectivity index (χ2v) is 9.72. The molecule has 0 saturated carbocycles. The summed E-state index contributed by atoms with van der Waals surface area (Å²) in [6, 6.07) is 22.9. The zero-order chi connectivity index (χ0) is 29.7. The van der Waals surface area contributed by atoms with Gasteiger partial charge in [0.05, 0.1) is 54.4 Å². The third-order valence-electron chi connectivity index (χ3n) is 6.95. The third kappa shape index (κ3) is 8.54. The molecule has 3 aromatic carbocycles. The normalized spacial score (nSPS) is 22.0. The van der Waals surface area contributed by atoms with Crippen molar-refractivity contribution in [3.8, 4) is 17.2 Å². The SMILES string of the molecule is C=CCO[C@@H]1O[C@H](CO)[C@H](OCc2ccc(OC)cc2)[C@H](OCc2ccc(OC)cc2)[C@H]1OCc1ccc(OC)cc1. The largest absolute Gasteiger partial charge is 0.497 e. The van der Waals surface area contributed by atoms with Crippen LogP contribution >= 0.6 is 0 Å². The van der Waals surface area contributed by atoms with Crippen LogP contribution in [0.1, 0.15) is 16.7 Å². The van der Waals surface area contributed by atoms with Crippen LogP contribution in [0, 0.1) is 0 Å². The van der Waals surface area contributed by atoms with Crippen LogP contribution < -0.4 is 14.2 Å². The van der Waals surface area contributed by atoms with Gasteiger partial charge in [-0.2, -0.15) is 0 Å². The maximum atomic E-state index is 10.4. The van der Waals surface area contributed by atoms with Crippen LogP contribution in [0.5, 0.6) is 17.2 Å². The van der Waals surface area contributed by atoms with E-state index in [1.807, 2.05) is 72.8 Å². The van der Waals surface area contributed by atoms with E-state index in [0.29, 0.717) is 0 Å². The van der Waals surface area contributed by atoms with E-state index >= 15 is 0 Å². The van der Waals surface area contributed by atoms with Gasteiger partial charge in [-0.15, -0.1) is 6.58 Å². The highest BCUT2D eigenvalue weighted by Crippen LogP contribution is 2.31. The molecule has 9 heteroatoms. The summed E-state index contributed by atoms with van der Waals surface area (Å²) in [7, 11) is 4.88. The minimum Gasteiger partial charge on any atom is -0.497 e. The summed E-state index contributed by atoms with van der Waals surface area (Å²) in [5.41, 5.74) is 2.81. The van der Waals surface area contributed by atoms with Crippen molar-refractivity contribution >= 4 is 0 Å². The first-order valence-corrected chi connectivity index (χ1v) is 13.8. The topological polar surface area (TPSA) is 94.1 Å². The second kappa shape index (κ2) is 16.3. The number of benzene rings is 3. The van der Waals surface area contributed by atoms with Crippen LogP contribution in [0.4, 0.5) is 0 Å². The van der Waals surface area contributed by atoms with Crippen molar-refractivity contribution in [1.82, 2.24) is 0 Å². The molecular formula is C33H40O9. The molecule has 9 nitrogen and oxygen atoms in total. The lowest BCUT2D eigenvalue weighted by Crippen LogP contribution is -2.61. The van der Waals surface area contributed by atoms with E-state index in [0.717, 1.165) is 33.9 Å². The number of aliphatic hydroxyl groups excluding tert-OH is 1. The molecular weight excluding hydrogens is 540 g/mol. The highest BCUT2D eigenvalue weighted by Gasteiger charge is 2.48. The standard InChI is InChI=1S/C33H40O9/c1-5-18-38-33-32(41-22-25-10-16-28(37-4)17-11-25)31(40-21-24-8-14-27(36-3)15-9-24)30(29(19-34)42-33)39-20-23-6-12-26(35-2)13-7-23/h5-17,29-34H,1,18-22H2,2-4H3/t29-,30+,31+,32-,33-/m1/s1. The Morgan fingerprint density at radius 2 is 1.02 bits per heavy atom. The molecule has 4 rings (SSSR count). The van der Waals surface area contributed by atoms with Gasteiger partial charge in [-0.1, -0.05) is 42.5 Å². The summed E-state index contributed by atoms with van der Waals surface area (Å²) >= 11 is 0. The lowest BCUT2D eigenvalue weighted by atomic mass is 9.98. The molecule has 1 aliphatic rings. The molecule has 1 aliphatic heterocycles. The van der Waals surface area contributed by atoms with Crippen LogP contribution in [-0.4, -0.2) is 70.4 Å². The summed E-state index contributed by atoms with van der Waals surface area (Å²) in [6.45, 7) is 4.50. The van der Waals surface area contributed by atoms with E-state index in [4.69, 9.17) is 37.9 Å². The molecule has 1 fully saturated rings. The molecule has 0 aliphatic carbocycles. The number of methoxy groups -OCH3 is 3. The Morgan fingerprint density at radius 3 is 1.40 bits per heavy atom. The average Bonchev–Trinajstić information content (AvgIpc) is 3.05. The zero-order valence-corrected chi connectivity index (χ0v) is 24.3. The highest BCUT2D eigenvalue weighted by atomic mass is 16.7. The quantitative estimate of drug-likeness (QED) is 0.242. The van der Waals surface area contributed by atoms with E-state index in [-0.39, 0.29) is 33.0 Å². The van der Waals surface area contributed by atoms with Crippen LogP contribution in [0.25, 0.3) is 0 Å². The molecule has 0 amide bonds. The molecule has 226 valence electrons. The van der Waals surface area contributed by atoms with Gasteiger partial charge in [-0.25, -0.2) is 0 Å². The van der Waals surface area contributed by atoms with Gasteiger partial charge in [0.1, 0.15) is 41.7 Å². The molecule has 1 N–H and O–H groups in total. The van der Waals surface area contributed by atoms with Gasteiger partial charge in [0.25, 0.3) is 0 Å². The van der Waals surface area contributed by atoms with Crippen molar-refractivity contribution in [1.29, 1.82) is 0 Å². The van der Waals surface area contributed by atoms with Crippen molar-refractivity contribution in [2.24, 2.45) is 0 Å². The van der Waals surface area contributed by atoms with E-state index in [1.54, 1.807) is 27.4 Å². The van der Waals surface area contributed by atoms with Crippen molar-refractivity contribution < 1.29 is 43.0 Å². The summed E-state index contributed by atoms with van der Waals surface area (Å²) in [5, 5.41) is 10.4. The zero-order valence-electron chi connectivity index (χ0n) is 24.3. The predicted octanol–water partition coefficient (Wildman–Crippen LogP) is 4.69. The summed E-state index contributed by atoms with van der Waals surface area (Å²) in [4.78, 5) is 0. The summed E-state index contributed by atoms with van der Waals surface area (Å²) in [5.74, 6) is 2.26. The molecule has 1 saturated heterocycles. The molecule has 0 radical (unpaired) electrons. The van der Waals surface area contributed by atoms with Crippen LogP contribution in [0.3, 0.4) is 0 Å². The highest BCUT2D eigenvalue weighted by molar-refractivity contribution is 5.28. The van der Waals surface area contributed by atoms with Crippen LogP contribution in [-0.2, 0) is 43.5 Å². The van der Waals surface area contributed by atoms with E-state index in [1.165, 1.54) is 0 Å². The first-order chi connectivity index (χ1) is 20.6. The summed E-state index contributed by atoms with van der Waals surface area (Å²) < 4.78 is 47.4. The number of hydrogen-bond donors (Lipinski definition) is 1. The fraction of sp³-hybridized carbons (Fsp3) is 0.394. The fourth-order valence-electron chi connectivity index (χ4n) is 4.63. The lowest BCUT2D eigenvalue weighted by molar-refractivity contribution is -0.324. The Kier molecular flexibility index (Phi) is 12.2. The Bertz CT molecular complexity index is 1200. The van der Waals surface area contributed by atoms with Crippen molar-refractivity contribution in [2.45, 2.75) is 50.5 Å². The van der Waals surface area contributed by atoms with E-state index in [2.05, 4.69) is 6.58 Å². The molecule has 42 heavy (non-hydrogen) atoms. The average molecular weight is 581 g/mol. The van der Waals surface area contributed by atoms with Gasteiger partial charge in [0, 0.05) is 0 Å². The molecule has 0 bridgehead atoms.